The fraction of sp³-hybridized carbons (Fsp3) is 0.667. The van der Waals surface area contributed by atoms with E-state index in [1.807, 2.05) is 0 Å². The Morgan fingerprint density at radius 2 is 1.79 bits per heavy atom. The van der Waals surface area contributed by atoms with Crippen LogP contribution in [0.15, 0.2) is 17.0 Å². The normalized spacial score (nSPS) is 15.3. The molecule has 1 aliphatic rings. The monoisotopic (exact) mass is 625 g/mol. The number of carbonyl (C=O) groups excluding carboxylic acids is 1. The minimum absolute atomic E-state index is 0.129. The van der Waals surface area contributed by atoms with Gasteiger partial charge in [-0.25, -0.2) is 8.42 Å². The Hall–Kier alpha value is -1.28. The molecule has 0 saturated carbocycles. The zero-order valence-electron chi connectivity index (χ0n) is 19.6. The quantitative estimate of drug-likeness (QED) is 0.154. The molecule has 0 aromatic heterocycles. The lowest BCUT2D eigenvalue weighted by atomic mass is 10.1. The lowest BCUT2D eigenvalue weighted by molar-refractivity contribution is -0.385. The molecule has 1 aliphatic heterocycles. The number of piperazine rings is 1. The van der Waals surface area contributed by atoms with E-state index in [4.69, 9.17) is 0 Å². The van der Waals surface area contributed by atoms with Crippen molar-refractivity contribution in [2.45, 2.75) is 18.2 Å². The molecule has 10 nitrogen and oxygen atoms in total. The summed E-state index contributed by atoms with van der Waals surface area (Å²) in [7, 11) is -1.67. The van der Waals surface area contributed by atoms with E-state index in [2.05, 4.69) is 54.0 Å². The van der Waals surface area contributed by atoms with Crippen molar-refractivity contribution >= 4 is 59.0 Å². The molecule has 0 bridgehead atoms. The van der Waals surface area contributed by atoms with Gasteiger partial charge in [0.15, 0.2) is 9.84 Å². The van der Waals surface area contributed by atoms with Crippen molar-refractivity contribution in [3.63, 3.8) is 0 Å². The molecule has 1 heterocycles. The van der Waals surface area contributed by atoms with Crippen molar-refractivity contribution in [3.8, 4) is 0 Å². The molecular weight excluding hydrogens is 594 g/mol. The Balaban J connectivity index is 2.29. The van der Waals surface area contributed by atoms with E-state index in [1.165, 1.54) is 13.0 Å². The van der Waals surface area contributed by atoms with Crippen LogP contribution >= 0.6 is 31.9 Å². The van der Waals surface area contributed by atoms with E-state index < -0.39 is 26.4 Å². The Kier molecular flexibility index (Phi) is 11.7. The Morgan fingerprint density at radius 3 is 2.32 bits per heavy atom. The summed E-state index contributed by atoms with van der Waals surface area (Å²) in [4.78, 5) is 30.3. The minimum atomic E-state index is -3.76. The van der Waals surface area contributed by atoms with Crippen LogP contribution in [0.25, 0.3) is 0 Å². The number of rotatable bonds is 13. The number of hydrogen-bond acceptors (Lipinski definition) is 8. The van der Waals surface area contributed by atoms with Gasteiger partial charge in [-0.2, -0.15) is 0 Å². The molecule has 1 N–H and O–H groups in total. The predicted molar refractivity (Wildman–Crippen MR) is 142 cm³/mol. The largest absolute Gasteiger partial charge is 0.369 e. The average Bonchev–Trinajstić information content (AvgIpc) is 2.81. The molecule has 2 rings (SSSR count). The summed E-state index contributed by atoms with van der Waals surface area (Å²) in [6.07, 6.45) is 0.720. The van der Waals surface area contributed by atoms with Crippen LogP contribution in [0.2, 0.25) is 0 Å². The van der Waals surface area contributed by atoms with E-state index in [0.29, 0.717) is 36.0 Å². The van der Waals surface area contributed by atoms with E-state index in [1.54, 1.807) is 4.90 Å². The standard InChI is InChI=1S/C21H33Br2N5O5S/c1-3-34(32,33)20-16-18(28(30)31)17(15-19(20)27(9-5-22)10-6-23)21(29)24-7-4-8-26-13-11-25(2)12-14-26/h15-16H,3-14H2,1-2H3,(H,24,29). The van der Waals surface area contributed by atoms with Crippen molar-refractivity contribution in [1.82, 2.24) is 15.1 Å². The second kappa shape index (κ2) is 13.7. The molecule has 1 aromatic carbocycles. The summed E-state index contributed by atoms with van der Waals surface area (Å²) >= 11 is 6.74. The SMILES string of the molecule is CCS(=O)(=O)c1cc([N+](=O)[O-])c(C(=O)NCCCN2CCN(C)CC2)cc1N(CCBr)CCBr. The summed E-state index contributed by atoms with van der Waals surface area (Å²) in [6, 6.07) is 2.38. The topological polar surface area (TPSA) is 116 Å². The number of sulfone groups is 1. The van der Waals surface area contributed by atoms with E-state index in [0.717, 1.165) is 45.2 Å². The Labute approximate surface area is 218 Å². The highest BCUT2D eigenvalue weighted by Gasteiger charge is 2.29. The third-order valence-corrected chi connectivity index (χ3v) is 8.28. The first-order chi connectivity index (χ1) is 16.1. The van der Waals surface area contributed by atoms with Gasteiger partial charge in [-0.3, -0.25) is 14.9 Å². The number of anilines is 1. The van der Waals surface area contributed by atoms with Gasteiger partial charge in [0.25, 0.3) is 11.6 Å². The Bertz CT molecular complexity index is 949. The van der Waals surface area contributed by atoms with E-state index >= 15 is 0 Å². The van der Waals surface area contributed by atoms with Gasteiger partial charge in [0.1, 0.15) is 5.56 Å². The highest BCUT2D eigenvalue weighted by Crippen LogP contribution is 2.34. The molecule has 192 valence electrons. The van der Waals surface area contributed by atoms with Gasteiger partial charge in [-0.05, 0) is 26.1 Å². The number of alkyl halides is 2. The fourth-order valence-corrected chi connectivity index (χ4v) is 5.74. The van der Waals surface area contributed by atoms with Crippen molar-refractivity contribution in [2.75, 3.05) is 80.7 Å². The maximum absolute atomic E-state index is 13.0. The highest BCUT2D eigenvalue weighted by atomic mass is 79.9. The zero-order chi connectivity index (χ0) is 25.3. The molecular formula is C21H33Br2N5O5S. The molecule has 1 aromatic rings. The van der Waals surface area contributed by atoms with Crippen LogP contribution in [0.3, 0.4) is 0 Å². The number of nitro groups is 1. The zero-order valence-corrected chi connectivity index (χ0v) is 23.6. The molecule has 13 heteroatoms. The second-order valence-corrected chi connectivity index (χ2v) is 11.9. The molecule has 1 amide bonds. The van der Waals surface area contributed by atoms with Gasteiger partial charge < -0.3 is 20.0 Å². The number of benzene rings is 1. The Morgan fingerprint density at radius 1 is 1.18 bits per heavy atom. The van der Waals surface area contributed by atoms with Crippen LogP contribution in [0.4, 0.5) is 11.4 Å². The number of halogens is 2. The maximum atomic E-state index is 13.0. The van der Waals surface area contributed by atoms with Crippen LogP contribution < -0.4 is 10.2 Å². The van der Waals surface area contributed by atoms with Gasteiger partial charge in [0.2, 0.25) is 0 Å². The van der Waals surface area contributed by atoms with Gasteiger partial charge in [-0.15, -0.1) is 0 Å². The third kappa shape index (κ3) is 7.87. The number of nitro benzene ring substituents is 1. The highest BCUT2D eigenvalue weighted by molar-refractivity contribution is 9.09. The molecule has 1 saturated heterocycles. The summed E-state index contributed by atoms with van der Waals surface area (Å²) < 4.78 is 25.6. The van der Waals surface area contributed by atoms with Gasteiger partial charge in [0, 0.05) is 62.5 Å². The lowest BCUT2D eigenvalue weighted by Crippen LogP contribution is -2.45. The third-order valence-electron chi connectivity index (χ3n) is 5.82. The first-order valence-electron chi connectivity index (χ1n) is 11.3. The first kappa shape index (κ1) is 29.0. The van der Waals surface area contributed by atoms with Crippen LogP contribution in [0.1, 0.15) is 23.7 Å². The maximum Gasteiger partial charge on any atom is 0.283 e. The molecule has 1 fully saturated rings. The average molecular weight is 627 g/mol. The first-order valence-corrected chi connectivity index (χ1v) is 15.1. The van der Waals surface area contributed by atoms with Crippen LogP contribution in [0, 0.1) is 10.1 Å². The molecule has 0 spiro atoms. The molecule has 0 radical (unpaired) electrons. The number of hydrogen-bond donors (Lipinski definition) is 1. The molecule has 0 atom stereocenters. The van der Waals surface area contributed by atoms with Crippen LogP contribution in [-0.4, -0.2) is 105 Å². The number of carbonyl (C=O) groups is 1. The predicted octanol–water partition coefficient (Wildman–Crippen LogP) is 2.35. The van der Waals surface area contributed by atoms with Gasteiger partial charge in [0.05, 0.1) is 21.3 Å². The lowest BCUT2D eigenvalue weighted by Gasteiger charge is -2.32. The van der Waals surface area contributed by atoms with Crippen LogP contribution in [0.5, 0.6) is 0 Å². The molecule has 0 unspecified atom stereocenters. The summed E-state index contributed by atoms with van der Waals surface area (Å²) in [5.74, 6) is -0.782. The molecule has 34 heavy (non-hydrogen) atoms. The molecule has 0 aliphatic carbocycles. The number of likely N-dealkylation sites (N-methyl/N-ethyl adjacent to an activating group) is 1. The summed E-state index contributed by atoms with van der Waals surface area (Å²) in [5, 5.41) is 15.7. The van der Waals surface area contributed by atoms with Gasteiger partial charge in [-0.1, -0.05) is 38.8 Å². The second-order valence-electron chi connectivity index (χ2n) is 8.12. The smallest absolute Gasteiger partial charge is 0.283 e. The summed E-state index contributed by atoms with van der Waals surface area (Å²) in [5.41, 5.74) is -0.345. The van der Waals surface area contributed by atoms with E-state index in [9.17, 15) is 23.3 Å². The minimum Gasteiger partial charge on any atom is -0.369 e. The number of nitrogens with zero attached hydrogens (tertiary/aromatic N) is 4. The van der Waals surface area contributed by atoms with Crippen LogP contribution in [-0.2, 0) is 9.84 Å². The van der Waals surface area contributed by atoms with Crippen molar-refractivity contribution in [3.05, 3.63) is 27.8 Å². The fourth-order valence-electron chi connectivity index (χ4n) is 3.77. The van der Waals surface area contributed by atoms with Gasteiger partial charge >= 0.3 is 0 Å². The van der Waals surface area contributed by atoms with Crippen molar-refractivity contribution in [2.24, 2.45) is 0 Å². The number of amides is 1. The van der Waals surface area contributed by atoms with Crippen molar-refractivity contribution < 1.29 is 18.1 Å². The van der Waals surface area contributed by atoms with Crippen molar-refractivity contribution in [1.29, 1.82) is 0 Å². The van der Waals surface area contributed by atoms with E-state index in [-0.39, 0.29) is 16.2 Å². The summed E-state index contributed by atoms with van der Waals surface area (Å²) in [6.45, 7) is 7.61. The number of nitrogens with one attached hydrogen (secondary N) is 1.